The van der Waals surface area contributed by atoms with Crippen molar-refractivity contribution in [1.82, 2.24) is 14.7 Å². The van der Waals surface area contributed by atoms with Gasteiger partial charge in [0.05, 0.1) is 29.5 Å². The second-order valence-corrected chi connectivity index (χ2v) is 13.9. The number of nitrogens with zero attached hydrogens (tertiary/aromatic N) is 3. The van der Waals surface area contributed by atoms with Gasteiger partial charge in [0.15, 0.2) is 6.10 Å². The molecule has 2 aliphatic heterocycles. The van der Waals surface area contributed by atoms with Crippen molar-refractivity contribution >= 4 is 57.1 Å². The van der Waals surface area contributed by atoms with Crippen LogP contribution in [0.25, 0.3) is 0 Å². The number of halogens is 2. The van der Waals surface area contributed by atoms with Gasteiger partial charge in [0.2, 0.25) is 5.95 Å². The second kappa shape index (κ2) is 15.9. The molecule has 1 aliphatic carbocycles. The molecule has 2 N–H and O–H groups in total. The molecule has 1 fully saturated rings. The van der Waals surface area contributed by atoms with Crippen molar-refractivity contribution < 1.29 is 46.2 Å². The fraction of sp³-hybridized carbons (Fsp3) is 0.314. The Morgan fingerprint density at radius 1 is 1.06 bits per heavy atom. The first-order valence-electron chi connectivity index (χ1n) is 15.9. The van der Waals surface area contributed by atoms with Crippen molar-refractivity contribution in [2.24, 2.45) is 0 Å². The van der Waals surface area contributed by atoms with Crippen LogP contribution in [0.2, 0.25) is 5.02 Å². The Bertz CT molecular complexity index is 2080. The number of rotatable bonds is 8. The highest BCUT2D eigenvalue weighted by atomic mass is 35.5. The van der Waals surface area contributed by atoms with Crippen LogP contribution in [0, 0.1) is 32.0 Å². The molecule has 0 radical (unpaired) electrons. The minimum atomic E-state index is -4.35. The van der Waals surface area contributed by atoms with Crippen LogP contribution in [0.15, 0.2) is 58.5 Å². The lowest BCUT2D eigenvalue weighted by molar-refractivity contribution is -0.120. The number of urea groups is 1. The van der Waals surface area contributed by atoms with Crippen LogP contribution in [0.5, 0.6) is 5.75 Å². The summed E-state index contributed by atoms with van der Waals surface area (Å²) in [7, 11) is -4.35. The molecule has 3 aromatic rings. The number of hydrogen-bond acceptors (Lipinski definition) is 11. The Morgan fingerprint density at radius 3 is 2.25 bits per heavy atom. The highest BCUT2D eigenvalue weighted by Gasteiger charge is 2.41. The standard InChI is InChI=1S/C18H15ClFNO3.C17H18N4O6S/c1-3-10(2)24-16-9-15(14(20)8-13(16)19)21-17(22)11-6-4-5-7-12(11)18(21)23;1-10-7-11(2)19-16(18-10)20-17(23)21-28(24,25)14-6-4-3-5-13(14)15(22)27-12-8-26-9-12/h1,8-10H,4-7H2,2H3;3-7,12H,8-9H2,1-2H3,(H2,18,19,20,21,23). The molecule has 0 saturated carbocycles. The number of aryl methyl sites for hydroxylation is 2. The van der Waals surface area contributed by atoms with E-state index < -0.39 is 51.9 Å². The summed E-state index contributed by atoms with van der Waals surface area (Å²) >= 11 is 5.97. The summed E-state index contributed by atoms with van der Waals surface area (Å²) in [5.41, 5.74) is 1.85. The molecule has 17 heteroatoms. The third-order valence-corrected chi connectivity index (χ3v) is 9.57. The van der Waals surface area contributed by atoms with Crippen molar-refractivity contribution in [1.29, 1.82) is 0 Å². The molecule has 1 aromatic heterocycles. The lowest BCUT2D eigenvalue weighted by Crippen LogP contribution is -2.39. The monoisotopic (exact) mass is 753 g/mol. The topological polar surface area (TPSA) is 183 Å². The van der Waals surface area contributed by atoms with Crippen LogP contribution in [0.3, 0.4) is 0 Å². The Kier molecular flexibility index (Phi) is 11.6. The molecule has 3 aliphatic rings. The third kappa shape index (κ3) is 8.56. The fourth-order valence-electron chi connectivity index (χ4n) is 5.42. The van der Waals surface area contributed by atoms with Gasteiger partial charge in [-0.1, -0.05) is 29.7 Å². The molecule has 0 spiro atoms. The van der Waals surface area contributed by atoms with Crippen LogP contribution in [0.1, 0.15) is 54.4 Å². The van der Waals surface area contributed by atoms with Crippen LogP contribution in [-0.4, -0.2) is 67.6 Å². The number of hydrogen-bond donors (Lipinski definition) is 2. The number of esters is 1. The molecule has 1 saturated heterocycles. The summed E-state index contributed by atoms with van der Waals surface area (Å²) in [6.07, 6.45) is 7.05. The van der Waals surface area contributed by atoms with E-state index >= 15 is 0 Å². The Morgan fingerprint density at radius 2 is 1.67 bits per heavy atom. The first kappa shape index (κ1) is 37.9. The number of carbonyl (C=O) groups is 4. The average Bonchev–Trinajstić information content (AvgIpc) is 3.32. The van der Waals surface area contributed by atoms with Crippen LogP contribution >= 0.6 is 11.6 Å². The smallest absolute Gasteiger partial charge is 0.339 e. The van der Waals surface area contributed by atoms with E-state index in [0.29, 0.717) is 35.4 Å². The van der Waals surface area contributed by atoms with Crippen LogP contribution < -0.4 is 19.7 Å². The lowest BCUT2D eigenvalue weighted by atomic mass is 9.93. The first-order chi connectivity index (χ1) is 24.7. The number of aromatic nitrogens is 2. The largest absolute Gasteiger partial charge is 0.476 e. The Labute approximate surface area is 303 Å². The van der Waals surface area contributed by atoms with Gasteiger partial charge in [-0.3, -0.25) is 14.9 Å². The fourth-order valence-corrected chi connectivity index (χ4v) is 6.71. The number of terminal acetylenes is 1. The number of sulfonamides is 1. The second-order valence-electron chi connectivity index (χ2n) is 11.9. The molecule has 52 heavy (non-hydrogen) atoms. The summed E-state index contributed by atoms with van der Waals surface area (Å²) in [6, 6.07) is 8.36. The number of anilines is 2. The van der Waals surface area contributed by atoms with E-state index in [9.17, 15) is 32.0 Å². The lowest BCUT2D eigenvalue weighted by Gasteiger charge is -2.25. The Hall–Kier alpha value is -5.37. The number of nitrogens with one attached hydrogen (secondary N) is 2. The van der Waals surface area contributed by atoms with E-state index in [1.807, 2.05) is 4.72 Å². The molecule has 14 nitrogen and oxygen atoms in total. The van der Waals surface area contributed by atoms with Gasteiger partial charge < -0.3 is 14.2 Å². The molecular weight excluding hydrogens is 721 g/mol. The van der Waals surface area contributed by atoms with E-state index in [-0.39, 0.29) is 46.1 Å². The van der Waals surface area contributed by atoms with Gasteiger partial charge in [-0.2, -0.15) is 0 Å². The minimum absolute atomic E-state index is 0.0233. The molecular formula is C35H33ClFN5O9S. The van der Waals surface area contributed by atoms with E-state index in [2.05, 4.69) is 21.2 Å². The van der Waals surface area contributed by atoms with Crippen molar-refractivity contribution in [3.8, 4) is 18.1 Å². The first-order valence-corrected chi connectivity index (χ1v) is 17.8. The quantitative estimate of drug-likeness (QED) is 0.183. The number of ether oxygens (including phenoxy) is 3. The maximum atomic E-state index is 14.4. The maximum Gasteiger partial charge on any atom is 0.339 e. The highest BCUT2D eigenvalue weighted by Crippen LogP contribution is 2.39. The molecule has 272 valence electrons. The molecule has 1 atom stereocenters. The molecule has 6 rings (SSSR count). The van der Waals surface area contributed by atoms with Gasteiger partial charge in [0.1, 0.15) is 22.6 Å². The summed E-state index contributed by atoms with van der Waals surface area (Å²) < 4.78 is 57.0. The van der Waals surface area contributed by atoms with E-state index in [1.165, 1.54) is 30.3 Å². The number of amides is 4. The van der Waals surface area contributed by atoms with Gasteiger partial charge in [0.25, 0.3) is 21.8 Å². The summed E-state index contributed by atoms with van der Waals surface area (Å²) in [5.74, 6) is -0.0444. The van der Waals surface area contributed by atoms with Crippen molar-refractivity contribution in [2.75, 3.05) is 23.4 Å². The Balaban J connectivity index is 0.000000203. The van der Waals surface area contributed by atoms with Crippen LogP contribution in [-0.2, 0) is 29.1 Å². The maximum absolute atomic E-state index is 14.4. The van der Waals surface area contributed by atoms with E-state index in [1.54, 1.807) is 26.8 Å². The van der Waals surface area contributed by atoms with Gasteiger partial charge in [-0.15, -0.1) is 6.42 Å². The molecule has 2 aromatic carbocycles. The van der Waals surface area contributed by atoms with Gasteiger partial charge in [-0.05, 0) is 70.7 Å². The van der Waals surface area contributed by atoms with E-state index in [4.69, 9.17) is 32.2 Å². The summed E-state index contributed by atoms with van der Waals surface area (Å²) in [6.45, 7) is 5.58. The molecule has 4 amide bonds. The van der Waals surface area contributed by atoms with Gasteiger partial charge in [-0.25, -0.2) is 42.0 Å². The molecule has 0 bridgehead atoms. The third-order valence-electron chi connectivity index (χ3n) is 7.88. The number of carbonyl (C=O) groups excluding carboxylic acids is 4. The number of imide groups is 1. The van der Waals surface area contributed by atoms with Crippen molar-refractivity contribution in [2.45, 2.75) is 63.6 Å². The SMILES string of the molecule is C#CC(C)Oc1cc(N2C(=O)C3=C(CCCC3)C2=O)c(F)cc1Cl.Cc1cc(C)nc(NC(=O)NS(=O)(=O)c2ccccc2C(=O)OC2COC2)n1. The summed E-state index contributed by atoms with van der Waals surface area (Å²) in [4.78, 5) is 58.0. The molecule has 3 heterocycles. The normalized spacial score (nSPS) is 16.1. The minimum Gasteiger partial charge on any atom is -0.476 e. The number of benzene rings is 2. The zero-order valence-corrected chi connectivity index (χ0v) is 29.8. The van der Waals surface area contributed by atoms with Crippen LogP contribution in [0.4, 0.5) is 20.8 Å². The predicted molar refractivity (Wildman–Crippen MR) is 186 cm³/mol. The van der Waals surface area contributed by atoms with E-state index in [0.717, 1.165) is 23.8 Å². The molecule has 1 unspecified atom stereocenters. The predicted octanol–water partition coefficient (Wildman–Crippen LogP) is 4.78. The average molecular weight is 754 g/mol. The highest BCUT2D eigenvalue weighted by molar-refractivity contribution is 7.90. The van der Waals surface area contributed by atoms with Crippen molar-refractivity contribution in [3.05, 3.63) is 81.4 Å². The zero-order chi connectivity index (χ0) is 37.7. The van der Waals surface area contributed by atoms with Crippen molar-refractivity contribution in [3.63, 3.8) is 0 Å². The van der Waals surface area contributed by atoms with Gasteiger partial charge >= 0.3 is 12.0 Å². The zero-order valence-electron chi connectivity index (χ0n) is 28.2. The van der Waals surface area contributed by atoms with Gasteiger partial charge in [0, 0.05) is 28.6 Å². The summed E-state index contributed by atoms with van der Waals surface area (Å²) in [5, 5.41) is 2.29.